The van der Waals surface area contributed by atoms with Gasteiger partial charge in [0, 0.05) is 25.6 Å². The number of hydrogen-bond acceptors (Lipinski definition) is 2. The van der Waals surface area contributed by atoms with Crippen LogP contribution in [0.3, 0.4) is 0 Å². The molecule has 0 unspecified atom stereocenters. The number of rotatable bonds is 7. The Kier molecular flexibility index (Phi) is 8.02. The lowest BCUT2D eigenvalue weighted by Gasteiger charge is -2.22. The van der Waals surface area contributed by atoms with Gasteiger partial charge in [-0.1, -0.05) is 26.2 Å². The molecule has 1 saturated carbocycles. The van der Waals surface area contributed by atoms with Crippen molar-refractivity contribution in [1.29, 1.82) is 0 Å². The summed E-state index contributed by atoms with van der Waals surface area (Å²) in [5.41, 5.74) is 0. The lowest BCUT2D eigenvalue weighted by Crippen LogP contribution is -2.43. The summed E-state index contributed by atoms with van der Waals surface area (Å²) in [6.45, 7) is 3.31. The molecule has 0 heterocycles. The molecule has 5 nitrogen and oxygen atoms in total. The van der Waals surface area contributed by atoms with Crippen LogP contribution in [-0.2, 0) is 4.79 Å². The van der Waals surface area contributed by atoms with Gasteiger partial charge in [0.05, 0.1) is 0 Å². The molecule has 3 N–H and O–H groups in total. The zero-order valence-electron chi connectivity index (χ0n) is 12.0. The fourth-order valence-electron chi connectivity index (χ4n) is 2.29. The summed E-state index contributed by atoms with van der Waals surface area (Å²) in [5, 5.41) is 8.62. The van der Waals surface area contributed by atoms with E-state index in [1.165, 1.54) is 19.3 Å². The van der Waals surface area contributed by atoms with Crippen LogP contribution in [0.4, 0.5) is 4.79 Å². The second-order valence-corrected chi connectivity index (χ2v) is 5.19. The Morgan fingerprint density at radius 1 is 1.05 bits per heavy atom. The second kappa shape index (κ2) is 9.64. The first-order chi connectivity index (χ1) is 9.22. The fourth-order valence-corrected chi connectivity index (χ4v) is 2.29. The van der Waals surface area contributed by atoms with E-state index in [0.717, 1.165) is 25.8 Å². The summed E-state index contributed by atoms with van der Waals surface area (Å²) in [4.78, 5) is 22.9. The third kappa shape index (κ3) is 7.70. The molecule has 1 aliphatic rings. The molecule has 1 aliphatic carbocycles. The van der Waals surface area contributed by atoms with E-state index in [2.05, 4.69) is 16.0 Å². The Labute approximate surface area is 115 Å². The van der Waals surface area contributed by atoms with Crippen molar-refractivity contribution in [2.75, 3.05) is 13.1 Å². The standard InChI is InChI=1S/C14H27N3O2/c1-2-10-15-13(18)9-6-11-16-14(19)17-12-7-4-3-5-8-12/h12H,2-11H2,1H3,(H,15,18)(H2,16,17,19). The number of carbonyl (C=O) groups excluding carboxylic acids is 2. The van der Waals surface area contributed by atoms with Gasteiger partial charge in [0.2, 0.25) is 5.91 Å². The second-order valence-electron chi connectivity index (χ2n) is 5.19. The SMILES string of the molecule is CCCNC(=O)CCCNC(=O)NC1CCCCC1. The Hall–Kier alpha value is -1.26. The monoisotopic (exact) mass is 269 g/mol. The minimum Gasteiger partial charge on any atom is -0.356 e. The Bertz CT molecular complexity index is 276. The van der Waals surface area contributed by atoms with E-state index < -0.39 is 0 Å². The Morgan fingerprint density at radius 2 is 1.79 bits per heavy atom. The van der Waals surface area contributed by atoms with Crippen molar-refractivity contribution in [3.05, 3.63) is 0 Å². The highest BCUT2D eigenvalue weighted by atomic mass is 16.2. The van der Waals surface area contributed by atoms with Gasteiger partial charge in [0.25, 0.3) is 0 Å². The molecule has 0 spiro atoms. The van der Waals surface area contributed by atoms with E-state index in [4.69, 9.17) is 0 Å². The van der Waals surface area contributed by atoms with Crippen molar-refractivity contribution >= 4 is 11.9 Å². The fraction of sp³-hybridized carbons (Fsp3) is 0.857. The predicted molar refractivity (Wildman–Crippen MR) is 75.9 cm³/mol. The molecule has 0 aromatic carbocycles. The van der Waals surface area contributed by atoms with Crippen LogP contribution >= 0.6 is 0 Å². The van der Waals surface area contributed by atoms with E-state index in [1.807, 2.05) is 6.92 Å². The van der Waals surface area contributed by atoms with Crippen molar-refractivity contribution in [3.8, 4) is 0 Å². The summed E-state index contributed by atoms with van der Waals surface area (Å²) in [7, 11) is 0. The molecule has 0 aromatic heterocycles. The highest BCUT2D eigenvalue weighted by Crippen LogP contribution is 2.16. The maximum atomic E-state index is 11.6. The molecule has 0 radical (unpaired) electrons. The molecule has 19 heavy (non-hydrogen) atoms. The van der Waals surface area contributed by atoms with Gasteiger partial charge in [0.1, 0.15) is 0 Å². The Morgan fingerprint density at radius 3 is 2.47 bits per heavy atom. The smallest absolute Gasteiger partial charge is 0.315 e. The van der Waals surface area contributed by atoms with Crippen LogP contribution in [-0.4, -0.2) is 31.1 Å². The first-order valence-electron chi connectivity index (χ1n) is 7.53. The van der Waals surface area contributed by atoms with E-state index in [0.29, 0.717) is 25.4 Å². The summed E-state index contributed by atoms with van der Waals surface area (Å²) < 4.78 is 0. The van der Waals surface area contributed by atoms with Crippen molar-refractivity contribution in [3.63, 3.8) is 0 Å². The van der Waals surface area contributed by atoms with E-state index in [1.54, 1.807) is 0 Å². The molecule has 0 atom stereocenters. The van der Waals surface area contributed by atoms with Gasteiger partial charge in [-0.3, -0.25) is 4.79 Å². The topological polar surface area (TPSA) is 70.2 Å². The molecule has 1 fully saturated rings. The molecular formula is C14H27N3O2. The third-order valence-corrected chi connectivity index (χ3v) is 3.38. The number of nitrogens with one attached hydrogen (secondary N) is 3. The molecule has 5 heteroatoms. The maximum absolute atomic E-state index is 11.6. The molecule has 1 rings (SSSR count). The molecule has 3 amide bonds. The molecule has 0 saturated heterocycles. The van der Waals surface area contributed by atoms with Crippen molar-refractivity contribution < 1.29 is 9.59 Å². The van der Waals surface area contributed by atoms with Crippen molar-refractivity contribution in [1.82, 2.24) is 16.0 Å². The van der Waals surface area contributed by atoms with Crippen LogP contribution in [0.15, 0.2) is 0 Å². The minimum absolute atomic E-state index is 0.0661. The summed E-state index contributed by atoms with van der Waals surface area (Å²) >= 11 is 0. The molecule has 0 bridgehead atoms. The average Bonchev–Trinajstić information content (AvgIpc) is 2.42. The number of hydrogen-bond donors (Lipinski definition) is 3. The average molecular weight is 269 g/mol. The number of urea groups is 1. The van der Waals surface area contributed by atoms with Gasteiger partial charge in [-0.25, -0.2) is 4.79 Å². The minimum atomic E-state index is -0.0964. The lowest BCUT2D eigenvalue weighted by molar-refractivity contribution is -0.121. The predicted octanol–water partition coefficient (Wildman–Crippen LogP) is 1.92. The van der Waals surface area contributed by atoms with Gasteiger partial charge < -0.3 is 16.0 Å². The maximum Gasteiger partial charge on any atom is 0.315 e. The molecular weight excluding hydrogens is 242 g/mol. The van der Waals surface area contributed by atoms with Gasteiger partial charge >= 0.3 is 6.03 Å². The Balaban J connectivity index is 1.99. The molecule has 0 aromatic rings. The summed E-state index contributed by atoms with van der Waals surface area (Å²) in [6.07, 6.45) is 8.00. The van der Waals surface area contributed by atoms with Crippen LogP contribution < -0.4 is 16.0 Å². The van der Waals surface area contributed by atoms with Crippen LogP contribution in [0.2, 0.25) is 0 Å². The molecule has 0 aliphatic heterocycles. The number of carbonyl (C=O) groups is 2. The highest BCUT2D eigenvalue weighted by Gasteiger charge is 2.15. The lowest BCUT2D eigenvalue weighted by atomic mass is 9.96. The quantitative estimate of drug-likeness (QED) is 0.618. The van der Waals surface area contributed by atoms with Crippen LogP contribution in [0.1, 0.15) is 58.3 Å². The zero-order valence-corrected chi connectivity index (χ0v) is 12.0. The van der Waals surface area contributed by atoms with Crippen LogP contribution in [0.5, 0.6) is 0 Å². The summed E-state index contributed by atoms with van der Waals surface area (Å²) in [6, 6.07) is 0.238. The van der Waals surface area contributed by atoms with Crippen molar-refractivity contribution in [2.24, 2.45) is 0 Å². The zero-order chi connectivity index (χ0) is 13.9. The normalized spacial score (nSPS) is 15.8. The van der Waals surface area contributed by atoms with Gasteiger partial charge in [0.15, 0.2) is 0 Å². The van der Waals surface area contributed by atoms with Crippen molar-refractivity contribution in [2.45, 2.75) is 64.3 Å². The van der Waals surface area contributed by atoms with Crippen LogP contribution in [0, 0.1) is 0 Å². The van der Waals surface area contributed by atoms with Gasteiger partial charge in [-0.15, -0.1) is 0 Å². The largest absolute Gasteiger partial charge is 0.356 e. The van der Waals surface area contributed by atoms with Gasteiger partial charge in [-0.05, 0) is 25.7 Å². The summed E-state index contributed by atoms with van der Waals surface area (Å²) in [5.74, 6) is 0.0661. The van der Waals surface area contributed by atoms with E-state index in [9.17, 15) is 9.59 Å². The third-order valence-electron chi connectivity index (χ3n) is 3.38. The first-order valence-corrected chi connectivity index (χ1v) is 7.53. The number of amides is 3. The van der Waals surface area contributed by atoms with E-state index in [-0.39, 0.29) is 11.9 Å². The van der Waals surface area contributed by atoms with E-state index >= 15 is 0 Å². The van der Waals surface area contributed by atoms with Crippen LogP contribution in [0.25, 0.3) is 0 Å². The molecule has 110 valence electrons. The first kappa shape index (κ1) is 15.8. The van der Waals surface area contributed by atoms with Gasteiger partial charge in [-0.2, -0.15) is 0 Å². The highest BCUT2D eigenvalue weighted by molar-refractivity contribution is 5.76.